The van der Waals surface area contributed by atoms with E-state index in [1.54, 1.807) is 6.07 Å². The Balaban J connectivity index is 2.13. The molecule has 106 valence electrons. The first-order valence-electron chi connectivity index (χ1n) is 6.88. The topological polar surface area (TPSA) is 12.0 Å². The minimum absolute atomic E-state index is 0.383. The van der Waals surface area contributed by atoms with Crippen molar-refractivity contribution >= 4 is 17.4 Å². The molecule has 0 spiro atoms. The Labute approximate surface area is 118 Å². The second-order valence-corrected chi connectivity index (χ2v) is 6.46. The summed E-state index contributed by atoms with van der Waals surface area (Å²) in [7, 11) is 0. The van der Waals surface area contributed by atoms with Gasteiger partial charge in [0.2, 0.25) is 0 Å². The van der Waals surface area contributed by atoms with Gasteiger partial charge in [-0.3, -0.25) is 0 Å². The van der Waals surface area contributed by atoms with Crippen LogP contribution in [0.5, 0.6) is 0 Å². The zero-order valence-electron chi connectivity index (χ0n) is 11.4. The summed E-state index contributed by atoms with van der Waals surface area (Å²) in [6.07, 6.45) is 3.70. The van der Waals surface area contributed by atoms with Crippen molar-refractivity contribution in [1.29, 1.82) is 0 Å². The zero-order valence-corrected chi connectivity index (χ0v) is 12.2. The van der Waals surface area contributed by atoms with Crippen LogP contribution < -0.4 is 5.32 Å². The van der Waals surface area contributed by atoms with Crippen molar-refractivity contribution in [3.63, 3.8) is 0 Å². The fraction of sp³-hybridized carbons (Fsp3) is 0.600. The SMILES string of the molecule is CC1CCCC(C)C1Nc1ccccc1SC(F)F. The summed E-state index contributed by atoms with van der Waals surface area (Å²) in [4.78, 5) is 0.641. The van der Waals surface area contributed by atoms with Gasteiger partial charge in [-0.05, 0) is 36.8 Å². The number of hydrogen-bond acceptors (Lipinski definition) is 2. The lowest BCUT2D eigenvalue weighted by atomic mass is 9.78. The van der Waals surface area contributed by atoms with E-state index >= 15 is 0 Å². The van der Waals surface area contributed by atoms with Crippen molar-refractivity contribution in [2.24, 2.45) is 11.8 Å². The smallest absolute Gasteiger partial charge is 0.288 e. The Bertz CT molecular complexity index is 401. The summed E-state index contributed by atoms with van der Waals surface area (Å²) in [6.45, 7) is 4.49. The van der Waals surface area contributed by atoms with Crippen molar-refractivity contribution < 1.29 is 8.78 Å². The number of halogens is 2. The number of benzene rings is 1. The van der Waals surface area contributed by atoms with E-state index in [0.29, 0.717) is 34.5 Å². The van der Waals surface area contributed by atoms with Crippen LogP contribution >= 0.6 is 11.8 Å². The summed E-state index contributed by atoms with van der Waals surface area (Å²) in [5.74, 6) is -1.19. The Kier molecular flexibility index (Phi) is 5.08. The lowest BCUT2D eigenvalue weighted by Gasteiger charge is -2.36. The lowest BCUT2D eigenvalue weighted by Crippen LogP contribution is -2.37. The van der Waals surface area contributed by atoms with Gasteiger partial charge in [0.15, 0.2) is 0 Å². The monoisotopic (exact) mass is 285 g/mol. The van der Waals surface area contributed by atoms with E-state index in [9.17, 15) is 8.78 Å². The first-order chi connectivity index (χ1) is 9.08. The molecule has 1 aromatic carbocycles. The molecule has 0 aromatic heterocycles. The summed E-state index contributed by atoms with van der Waals surface area (Å²) in [5, 5.41) is 3.50. The summed E-state index contributed by atoms with van der Waals surface area (Å²) in [6, 6.07) is 7.75. The highest BCUT2D eigenvalue weighted by atomic mass is 32.2. The maximum atomic E-state index is 12.6. The quantitative estimate of drug-likeness (QED) is 0.759. The molecule has 0 heterocycles. The summed E-state index contributed by atoms with van der Waals surface area (Å²) in [5.41, 5.74) is 0.846. The first kappa shape index (κ1) is 14.6. The van der Waals surface area contributed by atoms with Gasteiger partial charge in [0.05, 0.1) is 0 Å². The molecule has 1 aliphatic carbocycles. The normalized spacial score (nSPS) is 27.5. The van der Waals surface area contributed by atoms with Gasteiger partial charge in [0.25, 0.3) is 5.76 Å². The molecule has 1 N–H and O–H groups in total. The number of para-hydroxylation sites is 1. The molecule has 1 saturated carbocycles. The van der Waals surface area contributed by atoms with Crippen molar-refractivity contribution in [2.75, 3.05) is 5.32 Å². The largest absolute Gasteiger partial charge is 0.381 e. The van der Waals surface area contributed by atoms with Gasteiger partial charge < -0.3 is 5.32 Å². The average Bonchev–Trinajstić information content (AvgIpc) is 2.35. The van der Waals surface area contributed by atoms with Crippen molar-refractivity contribution in [1.82, 2.24) is 0 Å². The number of rotatable bonds is 4. The van der Waals surface area contributed by atoms with Crippen LogP contribution in [0.15, 0.2) is 29.2 Å². The molecule has 2 rings (SSSR count). The molecule has 2 atom stereocenters. The molecule has 0 aliphatic heterocycles. The Morgan fingerprint density at radius 2 is 1.79 bits per heavy atom. The van der Waals surface area contributed by atoms with Gasteiger partial charge >= 0.3 is 0 Å². The third-order valence-corrected chi connectivity index (χ3v) is 4.76. The number of nitrogens with one attached hydrogen (secondary N) is 1. The van der Waals surface area contributed by atoms with Crippen LogP contribution in [0.2, 0.25) is 0 Å². The molecule has 0 amide bonds. The molecule has 0 bridgehead atoms. The van der Waals surface area contributed by atoms with E-state index in [4.69, 9.17) is 0 Å². The van der Waals surface area contributed by atoms with Gasteiger partial charge in [-0.2, -0.15) is 8.78 Å². The van der Waals surface area contributed by atoms with Crippen molar-refractivity contribution in [2.45, 2.75) is 49.8 Å². The van der Waals surface area contributed by atoms with Crippen LogP contribution in [-0.4, -0.2) is 11.8 Å². The fourth-order valence-electron chi connectivity index (χ4n) is 2.93. The van der Waals surface area contributed by atoms with E-state index in [1.807, 2.05) is 18.2 Å². The second-order valence-electron chi connectivity index (χ2n) is 5.43. The number of thioether (sulfide) groups is 1. The van der Waals surface area contributed by atoms with Crippen LogP contribution in [-0.2, 0) is 0 Å². The van der Waals surface area contributed by atoms with Crippen LogP contribution in [0.3, 0.4) is 0 Å². The highest BCUT2D eigenvalue weighted by Crippen LogP contribution is 2.36. The van der Waals surface area contributed by atoms with Crippen molar-refractivity contribution in [3.05, 3.63) is 24.3 Å². The van der Waals surface area contributed by atoms with E-state index in [0.717, 1.165) is 5.69 Å². The average molecular weight is 285 g/mol. The van der Waals surface area contributed by atoms with Gasteiger partial charge in [-0.25, -0.2) is 0 Å². The van der Waals surface area contributed by atoms with Gasteiger partial charge in [-0.1, -0.05) is 44.2 Å². The first-order valence-corrected chi connectivity index (χ1v) is 7.76. The third kappa shape index (κ3) is 3.85. The van der Waals surface area contributed by atoms with Crippen LogP contribution in [0.25, 0.3) is 0 Å². The standard InChI is InChI=1S/C15H21F2NS/c1-10-6-5-7-11(2)14(10)18-12-8-3-4-9-13(12)19-15(16)17/h3-4,8-11,14-15,18H,5-7H2,1-2H3. The highest BCUT2D eigenvalue weighted by Gasteiger charge is 2.28. The second kappa shape index (κ2) is 6.60. The molecular weight excluding hydrogens is 264 g/mol. The van der Waals surface area contributed by atoms with Gasteiger partial charge in [0, 0.05) is 16.6 Å². The predicted molar refractivity (Wildman–Crippen MR) is 77.9 cm³/mol. The third-order valence-electron chi connectivity index (χ3n) is 3.97. The zero-order chi connectivity index (χ0) is 13.8. The molecular formula is C15H21F2NS. The van der Waals surface area contributed by atoms with Crippen LogP contribution in [0, 0.1) is 11.8 Å². The Morgan fingerprint density at radius 3 is 2.42 bits per heavy atom. The minimum Gasteiger partial charge on any atom is -0.381 e. The molecule has 1 nitrogen and oxygen atoms in total. The molecule has 2 unspecified atom stereocenters. The Hall–Kier alpha value is -0.770. The molecule has 1 aliphatic rings. The number of hydrogen-bond donors (Lipinski definition) is 1. The van der Waals surface area contributed by atoms with E-state index < -0.39 is 5.76 Å². The Morgan fingerprint density at radius 1 is 1.16 bits per heavy atom. The van der Waals surface area contributed by atoms with Crippen LogP contribution in [0.1, 0.15) is 33.1 Å². The minimum atomic E-state index is -2.37. The van der Waals surface area contributed by atoms with E-state index in [1.165, 1.54) is 19.3 Å². The number of anilines is 1. The van der Waals surface area contributed by atoms with Crippen LogP contribution in [0.4, 0.5) is 14.5 Å². The highest BCUT2D eigenvalue weighted by molar-refractivity contribution is 7.99. The molecule has 4 heteroatoms. The predicted octanol–water partition coefficient (Wildman–Crippen LogP) is 5.24. The fourth-order valence-corrected chi connectivity index (χ4v) is 3.53. The summed E-state index contributed by atoms with van der Waals surface area (Å²) < 4.78 is 25.1. The van der Waals surface area contributed by atoms with E-state index in [2.05, 4.69) is 19.2 Å². The molecule has 0 radical (unpaired) electrons. The maximum Gasteiger partial charge on any atom is 0.288 e. The number of alkyl halides is 2. The van der Waals surface area contributed by atoms with E-state index in [-0.39, 0.29) is 0 Å². The molecule has 19 heavy (non-hydrogen) atoms. The van der Waals surface area contributed by atoms with Crippen molar-refractivity contribution in [3.8, 4) is 0 Å². The molecule has 1 aromatic rings. The van der Waals surface area contributed by atoms with Gasteiger partial charge in [0.1, 0.15) is 0 Å². The summed E-state index contributed by atoms with van der Waals surface area (Å²) >= 11 is 0.620. The lowest BCUT2D eigenvalue weighted by molar-refractivity contribution is 0.252. The molecule has 0 saturated heterocycles. The molecule has 1 fully saturated rings. The maximum absolute atomic E-state index is 12.6. The van der Waals surface area contributed by atoms with Gasteiger partial charge in [-0.15, -0.1) is 0 Å².